The number of carbonyl (C=O) groups is 2. The van der Waals surface area contributed by atoms with Gasteiger partial charge < -0.3 is 15.2 Å². The molecule has 27 heavy (non-hydrogen) atoms. The highest BCUT2D eigenvalue weighted by molar-refractivity contribution is 5.95. The van der Waals surface area contributed by atoms with Gasteiger partial charge in [-0.05, 0) is 20.3 Å². The number of nitrogens with zero attached hydrogens (tertiary/aromatic N) is 5. The highest BCUT2D eigenvalue weighted by Crippen LogP contribution is 2.21. The molecule has 1 aliphatic heterocycles. The quantitative estimate of drug-likeness (QED) is 0.741. The number of aromatic nitrogens is 4. The smallest absolute Gasteiger partial charge is 0.255 e. The molecule has 9 heteroatoms. The maximum atomic E-state index is 12.6. The summed E-state index contributed by atoms with van der Waals surface area (Å²) >= 11 is 0. The van der Waals surface area contributed by atoms with Crippen LogP contribution < -0.4 is 10.6 Å². The van der Waals surface area contributed by atoms with Gasteiger partial charge in [0.1, 0.15) is 5.82 Å². The van der Waals surface area contributed by atoms with Gasteiger partial charge in [-0.25, -0.2) is 4.98 Å². The molecule has 3 heterocycles. The van der Waals surface area contributed by atoms with Crippen molar-refractivity contribution in [2.24, 2.45) is 14.1 Å². The van der Waals surface area contributed by atoms with Crippen molar-refractivity contribution >= 4 is 11.8 Å². The molecule has 2 aromatic heterocycles. The maximum absolute atomic E-state index is 12.6. The predicted octanol–water partition coefficient (Wildman–Crippen LogP) is -0.0290. The summed E-state index contributed by atoms with van der Waals surface area (Å²) < 4.78 is 3.57. The van der Waals surface area contributed by atoms with E-state index in [1.807, 2.05) is 31.7 Å². The third kappa shape index (κ3) is 4.19. The summed E-state index contributed by atoms with van der Waals surface area (Å²) in [6, 6.07) is -0.396. The molecule has 3 rings (SSSR count). The zero-order chi connectivity index (χ0) is 19.6. The fourth-order valence-corrected chi connectivity index (χ4v) is 3.56. The van der Waals surface area contributed by atoms with Gasteiger partial charge >= 0.3 is 0 Å². The van der Waals surface area contributed by atoms with Crippen LogP contribution in [-0.2, 0) is 25.4 Å². The summed E-state index contributed by atoms with van der Waals surface area (Å²) in [5.74, 6) is 0.722. The molecule has 2 atom stereocenters. The third-order valence-corrected chi connectivity index (χ3v) is 4.92. The van der Waals surface area contributed by atoms with E-state index in [1.54, 1.807) is 24.1 Å². The van der Waals surface area contributed by atoms with Gasteiger partial charge in [-0.2, -0.15) is 5.10 Å². The van der Waals surface area contributed by atoms with Crippen LogP contribution in [-0.4, -0.2) is 61.2 Å². The number of rotatable bonds is 6. The van der Waals surface area contributed by atoms with Crippen LogP contribution in [0.4, 0.5) is 0 Å². The molecule has 1 fully saturated rings. The van der Waals surface area contributed by atoms with Crippen molar-refractivity contribution in [3.63, 3.8) is 0 Å². The lowest BCUT2D eigenvalue weighted by atomic mass is 10.1. The molecule has 2 amide bonds. The summed E-state index contributed by atoms with van der Waals surface area (Å²) in [5, 5.41) is 10.2. The Labute approximate surface area is 158 Å². The van der Waals surface area contributed by atoms with Crippen molar-refractivity contribution in [1.82, 2.24) is 34.9 Å². The second-order valence-corrected chi connectivity index (χ2v) is 7.00. The Hall–Kier alpha value is -2.68. The number of nitrogens with one attached hydrogen (secondary N) is 2. The van der Waals surface area contributed by atoms with E-state index in [2.05, 4.69) is 25.6 Å². The van der Waals surface area contributed by atoms with Gasteiger partial charge in [0.05, 0.1) is 23.8 Å². The number of amides is 2. The van der Waals surface area contributed by atoms with E-state index in [9.17, 15) is 9.59 Å². The Balaban J connectivity index is 1.71. The highest BCUT2D eigenvalue weighted by Gasteiger charge is 2.38. The number of hydrogen-bond acceptors (Lipinski definition) is 5. The average molecular weight is 373 g/mol. The van der Waals surface area contributed by atoms with Gasteiger partial charge in [0.25, 0.3) is 5.91 Å². The Bertz CT molecular complexity index is 826. The van der Waals surface area contributed by atoms with Crippen molar-refractivity contribution < 1.29 is 9.59 Å². The number of imidazole rings is 1. The number of aryl methyl sites for hydroxylation is 3. The lowest BCUT2D eigenvalue weighted by Gasteiger charge is -2.22. The topological polar surface area (TPSA) is 97.1 Å². The minimum Gasteiger partial charge on any atom is -0.355 e. The van der Waals surface area contributed by atoms with E-state index in [0.29, 0.717) is 37.3 Å². The van der Waals surface area contributed by atoms with Gasteiger partial charge in [-0.15, -0.1) is 0 Å². The standard InChI is InChI=1S/C18H27N7O2/c1-5-19-18(27)15-8-13(9-25(15)11-16-20-6-7-23(16)3)21-17(26)14-10-24(4)22-12(14)2/h6-7,10,13,15H,5,8-9,11H2,1-4H3,(H,19,27)(H,21,26)/t13-,15-/m0/s1. The number of hydrogen-bond donors (Lipinski definition) is 2. The lowest BCUT2D eigenvalue weighted by Crippen LogP contribution is -2.43. The van der Waals surface area contributed by atoms with E-state index < -0.39 is 0 Å². The molecule has 2 N–H and O–H groups in total. The summed E-state index contributed by atoms with van der Waals surface area (Å²) in [7, 11) is 3.73. The summed E-state index contributed by atoms with van der Waals surface area (Å²) in [6.07, 6.45) is 5.92. The minimum atomic E-state index is -0.290. The summed E-state index contributed by atoms with van der Waals surface area (Å²) in [6.45, 7) is 5.45. The number of carbonyl (C=O) groups excluding carboxylic acids is 2. The predicted molar refractivity (Wildman–Crippen MR) is 99.9 cm³/mol. The zero-order valence-corrected chi connectivity index (χ0v) is 16.3. The van der Waals surface area contributed by atoms with Gasteiger partial charge in [0.2, 0.25) is 5.91 Å². The Morgan fingerprint density at radius 3 is 2.70 bits per heavy atom. The van der Waals surface area contributed by atoms with Gasteiger partial charge in [0.15, 0.2) is 0 Å². The second-order valence-electron chi connectivity index (χ2n) is 7.00. The summed E-state index contributed by atoms with van der Waals surface area (Å²) in [5.41, 5.74) is 1.26. The van der Waals surface area contributed by atoms with Gasteiger partial charge in [-0.3, -0.25) is 19.2 Å². The van der Waals surface area contributed by atoms with Gasteiger partial charge in [-0.1, -0.05) is 0 Å². The van der Waals surface area contributed by atoms with E-state index in [1.165, 1.54) is 0 Å². The van der Waals surface area contributed by atoms with Crippen LogP contribution in [0.25, 0.3) is 0 Å². The first kappa shape index (κ1) is 19.1. The fourth-order valence-electron chi connectivity index (χ4n) is 3.56. The number of likely N-dealkylation sites (tertiary alicyclic amines) is 1. The minimum absolute atomic E-state index is 0.0129. The van der Waals surface area contributed by atoms with E-state index in [-0.39, 0.29) is 23.9 Å². The van der Waals surface area contributed by atoms with Crippen molar-refractivity contribution in [3.05, 3.63) is 35.7 Å². The molecule has 146 valence electrons. The van der Waals surface area contributed by atoms with Crippen LogP contribution in [0.15, 0.2) is 18.6 Å². The second kappa shape index (κ2) is 7.91. The fraction of sp³-hybridized carbons (Fsp3) is 0.556. The first-order chi connectivity index (χ1) is 12.9. The molecular formula is C18H27N7O2. The molecular weight excluding hydrogens is 346 g/mol. The molecule has 0 spiro atoms. The monoisotopic (exact) mass is 373 g/mol. The maximum Gasteiger partial charge on any atom is 0.255 e. The Morgan fingerprint density at radius 1 is 1.33 bits per heavy atom. The summed E-state index contributed by atoms with van der Waals surface area (Å²) in [4.78, 5) is 31.6. The highest BCUT2D eigenvalue weighted by atomic mass is 16.2. The molecule has 0 saturated carbocycles. The van der Waals surface area contributed by atoms with Crippen molar-refractivity contribution in [3.8, 4) is 0 Å². The van der Waals surface area contributed by atoms with Crippen LogP contribution >= 0.6 is 0 Å². The molecule has 9 nitrogen and oxygen atoms in total. The molecule has 1 saturated heterocycles. The zero-order valence-electron chi connectivity index (χ0n) is 16.3. The van der Waals surface area contributed by atoms with Crippen molar-refractivity contribution in [2.75, 3.05) is 13.1 Å². The van der Waals surface area contributed by atoms with Crippen LogP contribution in [0.3, 0.4) is 0 Å². The van der Waals surface area contributed by atoms with Crippen LogP contribution in [0.2, 0.25) is 0 Å². The molecule has 0 aliphatic carbocycles. The molecule has 2 aromatic rings. The van der Waals surface area contributed by atoms with E-state index >= 15 is 0 Å². The molecule has 0 bridgehead atoms. The van der Waals surface area contributed by atoms with Crippen molar-refractivity contribution in [1.29, 1.82) is 0 Å². The van der Waals surface area contributed by atoms with Crippen molar-refractivity contribution in [2.45, 2.75) is 38.9 Å². The van der Waals surface area contributed by atoms with Crippen LogP contribution in [0.1, 0.15) is 35.2 Å². The average Bonchev–Trinajstić information content (AvgIpc) is 3.28. The van der Waals surface area contributed by atoms with Gasteiger partial charge in [0, 0.05) is 51.8 Å². The van der Waals surface area contributed by atoms with Crippen LogP contribution in [0.5, 0.6) is 0 Å². The van der Waals surface area contributed by atoms with E-state index in [0.717, 1.165) is 5.82 Å². The molecule has 0 unspecified atom stereocenters. The largest absolute Gasteiger partial charge is 0.355 e. The normalized spacial score (nSPS) is 20.0. The lowest BCUT2D eigenvalue weighted by molar-refractivity contribution is -0.125. The number of likely N-dealkylation sites (N-methyl/N-ethyl adjacent to an activating group) is 1. The Morgan fingerprint density at radius 2 is 2.11 bits per heavy atom. The molecule has 0 radical (unpaired) electrons. The van der Waals surface area contributed by atoms with Crippen LogP contribution in [0, 0.1) is 6.92 Å². The molecule has 0 aromatic carbocycles. The third-order valence-electron chi connectivity index (χ3n) is 4.92. The first-order valence-corrected chi connectivity index (χ1v) is 9.18. The Kier molecular flexibility index (Phi) is 5.59. The first-order valence-electron chi connectivity index (χ1n) is 9.18. The molecule has 1 aliphatic rings. The SMILES string of the molecule is CCNC(=O)[C@@H]1C[C@H](NC(=O)c2cn(C)nc2C)CN1Cc1nccn1C. The van der Waals surface area contributed by atoms with E-state index in [4.69, 9.17) is 0 Å².